The minimum atomic E-state index is -0.319. The van der Waals surface area contributed by atoms with Gasteiger partial charge < -0.3 is 10.6 Å². The molecule has 22 heavy (non-hydrogen) atoms. The van der Waals surface area contributed by atoms with Gasteiger partial charge in [0.05, 0.1) is 10.1 Å². The summed E-state index contributed by atoms with van der Waals surface area (Å²) in [5.41, 5.74) is 2.71. The van der Waals surface area contributed by atoms with E-state index in [1.165, 1.54) is 0 Å². The number of amides is 2. The molecule has 0 saturated carbocycles. The summed E-state index contributed by atoms with van der Waals surface area (Å²) in [6.07, 6.45) is 1.85. The van der Waals surface area contributed by atoms with Gasteiger partial charge in [0.15, 0.2) is 0 Å². The Hall–Kier alpha value is -2.18. The molecule has 2 N–H and O–H groups in total. The fourth-order valence-electron chi connectivity index (χ4n) is 2.12. The molecule has 6 heteroatoms. The van der Waals surface area contributed by atoms with Crippen LogP contribution in [0.15, 0.2) is 46.8 Å². The number of rotatable bonds is 3. The van der Waals surface area contributed by atoms with Gasteiger partial charge in [0, 0.05) is 21.8 Å². The zero-order valence-corrected chi connectivity index (χ0v) is 13.8. The van der Waals surface area contributed by atoms with Crippen LogP contribution in [0.2, 0.25) is 0 Å². The first kappa shape index (κ1) is 14.7. The third-order valence-electron chi connectivity index (χ3n) is 3.14. The molecule has 4 nitrogen and oxygen atoms in total. The quantitative estimate of drug-likeness (QED) is 0.794. The van der Waals surface area contributed by atoms with Crippen molar-refractivity contribution in [2.24, 2.45) is 0 Å². The van der Waals surface area contributed by atoms with E-state index in [9.17, 15) is 9.59 Å². The fraction of sp³-hybridized carbons (Fsp3) is 0. The van der Waals surface area contributed by atoms with E-state index >= 15 is 0 Å². The number of fused-ring (bicyclic) bond motifs is 1. The van der Waals surface area contributed by atoms with Crippen molar-refractivity contribution in [1.29, 1.82) is 0 Å². The maximum absolute atomic E-state index is 12.1. The highest BCUT2D eigenvalue weighted by Gasteiger charge is 2.24. The number of benzene rings is 1. The van der Waals surface area contributed by atoms with Crippen molar-refractivity contribution in [3.63, 3.8) is 0 Å². The average Bonchev–Trinajstić information content (AvgIpc) is 3.08. The average molecular weight is 375 g/mol. The van der Waals surface area contributed by atoms with Gasteiger partial charge in [-0.05, 0) is 51.7 Å². The second-order valence-electron chi connectivity index (χ2n) is 4.65. The highest BCUT2D eigenvalue weighted by atomic mass is 79.9. The van der Waals surface area contributed by atoms with Crippen molar-refractivity contribution in [3.05, 3.63) is 57.2 Å². The minimum Gasteiger partial charge on any atom is -0.322 e. The minimum absolute atomic E-state index is 0.142. The number of carbonyl (C=O) groups is 2. The lowest BCUT2D eigenvalue weighted by molar-refractivity contribution is -0.112. The van der Waals surface area contributed by atoms with Gasteiger partial charge in [-0.25, -0.2) is 0 Å². The molecule has 0 radical (unpaired) electrons. The van der Waals surface area contributed by atoms with Crippen molar-refractivity contribution >= 4 is 62.1 Å². The Balaban J connectivity index is 1.97. The molecule has 1 aliphatic rings. The summed E-state index contributed by atoms with van der Waals surface area (Å²) in [4.78, 5) is 24.8. The lowest BCUT2D eigenvalue weighted by Gasteiger charge is -2.06. The molecule has 0 aliphatic carbocycles. The molecule has 0 fully saturated rings. The van der Waals surface area contributed by atoms with E-state index in [1.54, 1.807) is 29.5 Å². The number of carbonyl (C=O) groups excluding carboxylic acids is 2. The summed E-state index contributed by atoms with van der Waals surface area (Å²) >= 11 is 4.60. The van der Waals surface area contributed by atoms with Crippen LogP contribution in [0.4, 0.5) is 11.4 Å². The molecule has 0 unspecified atom stereocenters. The van der Waals surface area contributed by atoms with Crippen LogP contribution in [0.5, 0.6) is 0 Å². The van der Waals surface area contributed by atoms with E-state index < -0.39 is 0 Å². The summed E-state index contributed by atoms with van der Waals surface area (Å²) in [6.45, 7) is 3.53. The zero-order chi connectivity index (χ0) is 15.7. The highest BCUT2D eigenvalue weighted by Crippen LogP contribution is 2.35. The third-order valence-corrected chi connectivity index (χ3v) is 4.32. The Kier molecular flexibility index (Phi) is 3.96. The van der Waals surface area contributed by atoms with Gasteiger partial charge >= 0.3 is 0 Å². The number of hydrogen-bond acceptors (Lipinski definition) is 3. The van der Waals surface area contributed by atoms with Crippen LogP contribution in [0.1, 0.15) is 10.4 Å². The molecule has 2 amide bonds. The molecule has 0 atom stereocenters. The summed E-state index contributed by atoms with van der Waals surface area (Å²) in [5, 5.41) is 7.49. The van der Waals surface area contributed by atoms with Crippen LogP contribution in [0.25, 0.3) is 11.6 Å². The lowest BCUT2D eigenvalue weighted by Crippen LogP contribution is -2.10. The molecule has 3 rings (SSSR count). The van der Waals surface area contributed by atoms with Crippen LogP contribution < -0.4 is 10.6 Å². The molecule has 2 aromatic rings. The highest BCUT2D eigenvalue weighted by molar-refractivity contribution is 9.12. The van der Waals surface area contributed by atoms with E-state index in [4.69, 9.17) is 0 Å². The first-order valence-corrected chi connectivity index (χ1v) is 8.08. The van der Waals surface area contributed by atoms with Gasteiger partial charge in [-0.15, -0.1) is 11.3 Å². The zero-order valence-electron chi connectivity index (χ0n) is 11.4. The normalized spacial score (nSPS) is 14.6. The van der Waals surface area contributed by atoms with E-state index in [2.05, 4.69) is 33.1 Å². The van der Waals surface area contributed by atoms with Crippen molar-refractivity contribution in [2.45, 2.75) is 0 Å². The van der Waals surface area contributed by atoms with Crippen molar-refractivity contribution in [1.82, 2.24) is 0 Å². The number of hydrogen-bond donors (Lipinski definition) is 2. The van der Waals surface area contributed by atoms with E-state index in [1.807, 2.05) is 23.6 Å². The topological polar surface area (TPSA) is 58.2 Å². The summed E-state index contributed by atoms with van der Waals surface area (Å²) in [5.74, 6) is -0.460. The molecule has 0 bridgehead atoms. The van der Waals surface area contributed by atoms with Gasteiger partial charge in [0.25, 0.3) is 11.8 Å². The summed E-state index contributed by atoms with van der Waals surface area (Å²) in [6, 6.07) is 9.17. The van der Waals surface area contributed by atoms with Gasteiger partial charge in [-0.2, -0.15) is 0 Å². The Morgan fingerprint density at radius 3 is 2.86 bits per heavy atom. The van der Waals surface area contributed by atoms with Crippen LogP contribution in [-0.2, 0) is 9.59 Å². The van der Waals surface area contributed by atoms with Gasteiger partial charge in [-0.3, -0.25) is 9.59 Å². The van der Waals surface area contributed by atoms with E-state index in [-0.39, 0.29) is 16.3 Å². The summed E-state index contributed by atoms with van der Waals surface area (Å²) < 4.78 is 0.247. The largest absolute Gasteiger partial charge is 0.322 e. The Labute approximate surface area is 139 Å². The van der Waals surface area contributed by atoms with Crippen molar-refractivity contribution in [3.8, 4) is 0 Å². The molecule has 0 spiro atoms. The number of halogens is 1. The standard InChI is InChI=1S/C16H11BrN2O2S/c1-9(17)15(20)18-10-4-5-14-12(7-10)13(16(21)19-14)8-11-3-2-6-22-11/h2-8H,1H2,(H,18,20)(H,19,21)/b13-8-. The maximum atomic E-state index is 12.1. The number of anilines is 2. The Bertz CT molecular complexity index is 810. The van der Waals surface area contributed by atoms with Crippen molar-refractivity contribution in [2.75, 3.05) is 10.6 Å². The molecule has 2 heterocycles. The van der Waals surface area contributed by atoms with Crippen LogP contribution in [0.3, 0.4) is 0 Å². The molecule has 1 aromatic carbocycles. The molecule has 110 valence electrons. The molecular formula is C16H11BrN2O2S. The second kappa shape index (κ2) is 5.90. The van der Waals surface area contributed by atoms with E-state index in [0.717, 1.165) is 16.1 Å². The maximum Gasteiger partial charge on any atom is 0.262 e. The predicted molar refractivity (Wildman–Crippen MR) is 94.0 cm³/mol. The number of nitrogens with one attached hydrogen (secondary N) is 2. The smallest absolute Gasteiger partial charge is 0.262 e. The van der Waals surface area contributed by atoms with Gasteiger partial charge in [-0.1, -0.05) is 12.6 Å². The monoisotopic (exact) mass is 374 g/mol. The molecular weight excluding hydrogens is 364 g/mol. The Morgan fingerprint density at radius 2 is 2.18 bits per heavy atom. The fourth-order valence-corrected chi connectivity index (χ4v) is 2.88. The third kappa shape index (κ3) is 2.88. The Morgan fingerprint density at radius 1 is 1.36 bits per heavy atom. The lowest BCUT2D eigenvalue weighted by atomic mass is 10.1. The SMILES string of the molecule is C=C(Br)C(=O)Nc1ccc2c(c1)/C(=C/c1cccs1)C(=O)N2. The van der Waals surface area contributed by atoms with Gasteiger partial charge in [0.2, 0.25) is 0 Å². The summed E-state index contributed by atoms with van der Waals surface area (Å²) in [7, 11) is 0. The van der Waals surface area contributed by atoms with E-state index in [0.29, 0.717) is 11.3 Å². The molecule has 1 aromatic heterocycles. The number of thiophene rings is 1. The van der Waals surface area contributed by atoms with Crippen molar-refractivity contribution < 1.29 is 9.59 Å². The predicted octanol–water partition coefficient (Wildman–Crippen LogP) is 4.09. The molecule has 0 saturated heterocycles. The van der Waals surface area contributed by atoms with Crippen LogP contribution in [0, 0.1) is 0 Å². The first-order valence-electron chi connectivity index (χ1n) is 6.41. The molecule has 1 aliphatic heterocycles. The second-order valence-corrected chi connectivity index (χ2v) is 6.58. The van der Waals surface area contributed by atoms with Crippen LogP contribution in [-0.4, -0.2) is 11.8 Å². The van der Waals surface area contributed by atoms with Crippen LogP contribution >= 0.6 is 27.3 Å². The van der Waals surface area contributed by atoms with Gasteiger partial charge in [0.1, 0.15) is 0 Å². The first-order chi connectivity index (χ1) is 10.5.